The van der Waals surface area contributed by atoms with Gasteiger partial charge in [-0.2, -0.15) is 0 Å². The van der Waals surface area contributed by atoms with Crippen LogP contribution in [-0.4, -0.2) is 6.54 Å². The van der Waals surface area contributed by atoms with E-state index < -0.39 is 0 Å². The van der Waals surface area contributed by atoms with E-state index in [4.69, 9.17) is 23.2 Å². The van der Waals surface area contributed by atoms with Gasteiger partial charge in [-0.25, -0.2) is 0 Å². The lowest BCUT2D eigenvalue weighted by atomic mass is 10.1. The zero-order valence-electron chi connectivity index (χ0n) is 11.2. The minimum absolute atomic E-state index is 0.457. The SMILES string of the molecule is CCN(c1ccc(C)cc1)c1ccc(Cl)cc1CCl. The van der Waals surface area contributed by atoms with E-state index in [1.165, 1.54) is 11.3 Å². The van der Waals surface area contributed by atoms with Crippen molar-refractivity contribution in [1.29, 1.82) is 0 Å². The molecule has 0 saturated carbocycles. The molecule has 0 aliphatic rings. The van der Waals surface area contributed by atoms with Gasteiger partial charge in [0.25, 0.3) is 0 Å². The Morgan fingerprint density at radius 1 is 1.05 bits per heavy atom. The van der Waals surface area contributed by atoms with Crippen molar-refractivity contribution >= 4 is 34.6 Å². The Labute approximate surface area is 124 Å². The highest BCUT2D eigenvalue weighted by molar-refractivity contribution is 6.30. The minimum atomic E-state index is 0.457. The number of rotatable bonds is 4. The Bertz CT molecular complexity index is 549. The van der Waals surface area contributed by atoms with Gasteiger partial charge in [-0.1, -0.05) is 29.3 Å². The van der Waals surface area contributed by atoms with Crippen LogP contribution in [0, 0.1) is 6.92 Å². The minimum Gasteiger partial charge on any atom is -0.342 e. The molecule has 0 saturated heterocycles. The molecule has 0 atom stereocenters. The molecule has 0 heterocycles. The summed E-state index contributed by atoms with van der Waals surface area (Å²) in [5.74, 6) is 0.457. The summed E-state index contributed by atoms with van der Waals surface area (Å²) in [6.45, 7) is 5.10. The van der Waals surface area contributed by atoms with Crippen LogP contribution in [0.2, 0.25) is 5.02 Å². The van der Waals surface area contributed by atoms with Crippen LogP contribution in [-0.2, 0) is 5.88 Å². The fourth-order valence-corrected chi connectivity index (χ4v) is 2.55. The van der Waals surface area contributed by atoms with Crippen LogP contribution in [0.3, 0.4) is 0 Å². The number of halogens is 2. The number of hydrogen-bond donors (Lipinski definition) is 0. The third-order valence-corrected chi connectivity index (χ3v) is 3.66. The van der Waals surface area contributed by atoms with Crippen molar-refractivity contribution in [2.45, 2.75) is 19.7 Å². The third-order valence-electron chi connectivity index (χ3n) is 3.14. The summed E-state index contributed by atoms with van der Waals surface area (Å²) in [6, 6.07) is 14.4. The van der Waals surface area contributed by atoms with E-state index >= 15 is 0 Å². The molecular weight excluding hydrogens is 277 g/mol. The second-order valence-corrected chi connectivity index (χ2v) is 5.19. The van der Waals surface area contributed by atoms with Gasteiger partial charge in [0.2, 0.25) is 0 Å². The van der Waals surface area contributed by atoms with Gasteiger partial charge in [0.15, 0.2) is 0 Å². The monoisotopic (exact) mass is 293 g/mol. The van der Waals surface area contributed by atoms with Gasteiger partial charge in [-0.05, 0) is 49.7 Å². The Balaban J connectivity index is 2.44. The van der Waals surface area contributed by atoms with Gasteiger partial charge in [-0.3, -0.25) is 0 Å². The summed E-state index contributed by atoms with van der Waals surface area (Å²) < 4.78 is 0. The molecule has 2 aromatic carbocycles. The van der Waals surface area contributed by atoms with Crippen molar-refractivity contribution < 1.29 is 0 Å². The average molecular weight is 294 g/mol. The Kier molecular flexibility index (Phi) is 4.73. The third kappa shape index (κ3) is 3.23. The van der Waals surface area contributed by atoms with Gasteiger partial charge < -0.3 is 4.90 Å². The van der Waals surface area contributed by atoms with E-state index in [0.717, 1.165) is 22.8 Å². The lowest BCUT2D eigenvalue weighted by molar-refractivity contribution is 1.01. The smallest absolute Gasteiger partial charge is 0.0495 e. The standard InChI is InChI=1S/C16H17Cl2N/c1-3-19(15-7-4-12(2)5-8-15)16-9-6-14(18)10-13(16)11-17/h4-10H,3,11H2,1-2H3. The van der Waals surface area contributed by atoms with Crippen LogP contribution in [0.15, 0.2) is 42.5 Å². The molecule has 0 spiro atoms. The molecule has 0 N–H and O–H groups in total. The second kappa shape index (κ2) is 6.31. The van der Waals surface area contributed by atoms with Gasteiger partial charge in [0, 0.05) is 28.8 Å². The Morgan fingerprint density at radius 2 is 1.74 bits per heavy atom. The lowest BCUT2D eigenvalue weighted by Gasteiger charge is -2.25. The maximum absolute atomic E-state index is 6.03. The first-order valence-corrected chi connectivity index (χ1v) is 7.25. The fourth-order valence-electron chi connectivity index (χ4n) is 2.14. The highest BCUT2D eigenvalue weighted by atomic mass is 35.5. The molecule has 0 bridgehead atoms. The Morgan fingerprint density at radius 3 is 2.32 bits per heavy atom. The predicted octanol–water partition coefficient (Wildman–Crippen LogP) is 5.55. The Hall–Kier alpha value is -1.18. The van der Waals surface area contributed by atoms with E-state index in [0.29, 0.717) is 5.88 Å². The molecule has 0 fully saturated rings. The first-order valence-electron chi connectivity index (χ1n) is 6.34. The lowest BCUT2D eigenvalue weighted by Crippen LogP contribution is -2.17. The summed E-state index contributed by atoms with van der Waals surface area (Å²) in [5, 5.41) is 0.722. The van der Waals surface area contributed by atoms with Crippen LogP contribution in [0.1, 0.15) is 18.1 Å². The summed E-state index contributed by atoms with van der Waals surface area (Å²) in [4.78, 5) is 2.24. The number of benzene rings is 2. The van der Waals surface area contributed by atoms with Crippen molar-refractivity contribution in [1.82, 2.24) is 0 Å². The van der Waals surface area contributed by atoms with Crippen LogP contribution in [0.25, 0.3) is 0 Å². The highest BCUT2D eigenvalue weighted by Crippen LogP contribution is 2.31. The van der Waals surface area contributed by atoms with E-state index in [2.05, 4.69) is 43.0 Å². The summed E-state index contributed by atoms with van der Waals surface area (Å²) in [5.41, 5.74) is 4.60. The number of nitrogens with zero attached hydrogens (tertiary/aromatic N) is 1. The highest BCUT2D eigenvalue weighted by Gasteiger charge is 2.11. The molecule has 100 valence electrons. The second-order valence-electron chi connectivity index (χ2n) is 4.49. The van der Waals surface area contributed by atoms with Crippen LogP contribution >= 0.6 is 23.2 Å². The van der Waals surface area contributed by atoms with Crippen molar-refractivity contribution in [3.63, 3.8) is 0 Å². The van der Waals surface area contributed by atoms with E-state index in [1.54, 1.807) is 0 Å². The van der Waals surface area contributed by atoms with Crippen LogP contribution < -0.4 is 4.90 Å². The summed E-state index contributed by atoms with van der Waals surface area (Å²) in [6.07, 6.45) is 0. The predicted molar refractivity (Wildman–Crippen MR) is 84.9 cm³/mol. The van der Waals surface area contributed by atoms with Gasteiger partial charge >= 0.3 is 0 Å². The fraction of sp³-hybridized carbons (Fsp3) is 0.250. The molecule has 1 nitrogen and oxygen atoms in total. The van der Waals surface area contributed by atoms with Crippen LogP contribution in [0.4, 0.5) is 11.4 Å². The van der Waals surface area contributed by atoms with E-state index in [9.17, 15) is 0 Å². The zero-order chi connectivity index (χ0) is 13.8. The molecule has 0 radical (unpaired) electrons. The summed E-state index contributed by atoms with van der Waals surface area (Å²) in [7, 11) is 0. The molecule has 3 heteroatoms. The maximum Gasteiger partial charge on any atom is 0.0495 e. The normalized spacial score (nSPS) is 10.5. The first-order chi connectivity index (χ1) is 9.15. The number of anilines is 2. The van der Waals surface area contributed by atoms with Gasteiger partial charge in [-0.15, -0.1) is 11.6 Å². The first kappa shape index (κ1) is 14.2. The van der Waals surface area contributed by atoms with Crippen molar-refractivity contribution in [2.24, 2.45) is 0 Å². The van der Waals surface area contributed by atoms with Crippen LogP contribution in [0.5, 0.6) is 0 Å². The molecule has 19 heavy (non-hydrogen) atoms. The molecule has 2 rings (SSSR count). The van der Waals surface area contributed by atoms with Gasteiger partial charge in [0.05, 0.1) is 0 Å². The molecule has 0 aliphatic carbocycles. The van der Waals surface area contributed by atoms with E-state index in [1.807, 2.05) is 18.2 Å². The van der Waals surface area contributed by atoms with Crippen molar-refractivity contribution in [3.8, 4) is 0 Å². The largest absolute Gasteiger partial charge is 0.342 e. The molecule has 0 unspecified atom stereocenters. The molecule has 0 aromatic heterocycles. The number of alkyl halides is 1. The summed E-state index contributed by atoms with van der Waals surface area (Å²) >= 11 is 12.1. The molecule has 2 aromatic rings. The topological polar surface area (TPSA) is 3.24 Å². The maximum atomic E-state index is 6.03. The zero-order valence-corrected chi connectivity index (χ0v) is 12.7. The number of aryl methyl sites for hydroxylation is 1. The number of hydrogen-bond acceptors (Lipinski definition) is 1. The molecule has 0 amide bonds. The van der Waals surface area contributed by atoms with Crippen molar-refractivity contribution in [3.05, 3.63) is 58.6 Å². The van der Waals surface area contributed by atoms with Gasteiger partial charge in [0.1, 0.15) is 0 Å². The van der Waals surface area contributed by atoms with E-state index in [-0.39, 0.29) is 0 Å². The molecular formula is C16H17Cl2N. The molecule has 0 aliphatic heterocycles. The van der Waals surface area contributed by atoms with Crippen molar-refractivity contribution in [2.75, 3.05) is 11.4 Å². The average Bonchev–Trinajstić information content (AvgIpc) is 2.43. The quantitative estimate of drug-likeness (QED) is 0.669.